The van der Waals surface area contributed by atoms with Crippen molar-refractivity contribution >= 4 is 28.9 Å². The monoisotopic (exact) mass is 368 g/mol. The second-order valence-corrected chi connectivity index (χ2v) is 6.80. The Kier molecular flexibility index (Phi) is 3.38. The van der Waals surface area contributed by atoms with Crippen molar-refractivity contribution in [3.63, 3.8) is 0 Å². The topological polar surface area (TPSA) is 9.23 Å². The first kappa shape index (κ1) is 11.0. The second-order valence-electron chi connectivity index (χ2n) is 4.21. The molecule has 13 heavy (non-hydrogen) atoms. The van der Waals surface area contributed by atoms with Gasteiger partial charge in [0.15, 0.2) is 0 Å². The number of ether oxygens (including phenoxy) is 1. The first-order chi connectivity index (χ1) is 5.95. The van der Waals surface area contributed by atoms with Gasteiger partial charge in [-0.05, 0) is 0 Å². The van der Waals surface area contributed by atoms with E-state index in [4.69, 9.17) is 4.74 Å². The zero-order valence-corrected chi connectivity index (χ0v) is 13.2. The van der Waals surface area contributed by atoms with Crippen LogP contribution in [-0.2, 0) is 5.41 Å². The Morgan fingerprint density at radius 2 is 1.85 bits per heavy atom. The Morgan fingerprint density at radius 1 is 1.23 bits per heavy atom. The molecule has 0 fully saturated rings. The molecule has 1 aromatic carbocycles. The molecule has 0 saturated carbocycles. The third-order valence-corrected chi connectivity index (χ3v) is 3.43. The Morgan fingerprint density at radius 3 is 2.31 bits per heavy atom. The van der Waals surface area contributed by atoms with Crippen LogP contribution in [0.1, 0.15) is 26.3 Å². The molecular weight excluding hydrogens is 353 g/mol. The molecule has 2 heteroatoms. The molecule has 0 atom stereocenters. The van der Waals surface area contributed by atoms with Gasteiger partial charge in [0.2, 0.25) is 0 Å². The number of hydrogen-bond donors (Lipinski definition) is 0. The Labute approximate surface area is 96.2 Å². The number of hydrogen-bond acceptors (Lipinski definition) is 1. The van der Waals surface area contributed by atoms with E-state index in [0.717, 1.165) is 31.5 Å². The van der Waals surface area contributed by atoms with E-state index in [2.05, 4.69) is 39.0 Å². The van der Waals surface area contributed by atoms with E-state index in [1.54, 1.807) is 7.11 Å². The van der Waals surface area contributed by atoms with Crippen molar-refractivity contribution in [2.24, 2.45) is 0 Å². The maximum atomic E-state index is 5.35. The van der Waals surface area contributed by atoms with E-state index in [0.29, 0.717) is 0 Å². The molecule has 1 nitrogen and oxygen atoms in total. The van der Waals surface area contributed by atoms with Crippen LogP contribution in [0, 0.1) is 0 Å². The van der Waals surface area contributed by atoms with Crippen LogP contribution in [0.4, 0.5) is 0 Å². The van der Waals surface area contributed by atoms with Crippen LogP contribution in [0.5, 0.6) is 5.75 Å². The summed E-state index contributed by atoms with van der Waals surface area (Å²) in [5.74, 6) is 1.01. The molecule has 0 amide bonds. The molecule has 0 bridgehead atoms. The summed E-state index contributed by atoms with van der Waals surface area (Å²) in [6, 6.07) is 6.50. The fraction of sp³-hybridized carbons (Fsp3) is 0.455. The molecule has 0 aliphatic carbocycles. The number of methoxy groups -OCH3 is 1. The van der Waals surface area contributed by atoms with E-state index >= 15 is 0 Å². The summed E-state index contributed by atoms with van der Waals surface area (Å²) in [7, 11) is 1.74. The number of rotatable bonds is 1. The van der Waals surface area contributed by atoms with Gasteiger partial charge < -0.3 is 0 Å². The Bertz CT molecular complexity index is 299. The second kappa shape index (κ2) is 3.98. The predicted molar refractivity (Wildman–Crippen MR) is 57.1 cm³/mol. The number of benzene rings is 1. The predicted octanol–water partition coefficient (Wildman–Crippen LogP) is 1.79. The van der Waals surface area contributed by atoms with Crippen molar-refractivity contribution in [1.82, 2.24) is 0 Å². The average molecular weight is 368 g/mol. The third kappa shape index (κ3) is 2.69. The fourth-order valence-corrected chi connectivity index (χ4v) is 2.33. The molecule has 1 rings (SSSR count). The van der Waals surface area contributed by atoms with Crippen molar-refractivity contribution in [2.75, 3.05) is 7.11 Å². The summed E-state index contributed by atoms with van der Waals surface area (Å²) in [5.41, 5.74) is 1.49. The molecule has 0 unspecified atom stereocenters. The molecule has 0 N–H and O–H groups in total. The van der Waals surface area contributed by atoms with Crippen molar-refractivity contribution in [1.29, 1.82) is 0 Å². The van der Waals surface area contributed by atoms with Crippen molar-refractivity contribution in [2.45, 2.75) is 26.2 Å². The van der Waals surface area contributed by atoms with Crippen molar-refractivity contribution in [3.8, 4) is 5.75 Å². The average Bonchev–Trinajstić information content (AvgIpc) is 2.03. The van der Waals surface area contributed by atoms with Gasteiger partial charge in [0.25, 0.3) is 0 Å². The van der Waals surface area contributed by atoms with Crippen LogP contribution in [0.3, 0.4) is 0 Å². The summed E-state index contributed by atoms with van der Waals surface area (Å²) in [5, 5.41) is 0. The summed E-state index contributed by atoms with van der Waals surface area (Å²) >= 11 is 0.900. The van der Waals surface area contributed by atoms with Crippen LogP contribution < -0.4 is 7.86 Å². The first-order valence-electron chi connectivity index (χ1n) is 4.39. The minimum atomic E-state index is 0.177. The summed E-state index contributed by atoms with van der Waals surface area (Å²) < 4.78 is 6.80. The van der Waals surface area contributed by atoms with E-state index in [1.807, 2.05) is 0 Å². The molecule has 68 valence electrons. The molecule has 1 aromatic rings. The van der Waals surface area contributed by atoms with E-state index in [-0.39, 0.29) is 5.41 Å². The van der Waals surface area contributed by atoms with Crippen molar-refractivity contribution in [3.05, 3.63) is 23.8 Å². The van der Waals surface area contributed by atoms with Gasteiger partial charge in [0.05, 0.1) is 0 Å². The standard InChI is InChI=1S/C11H15O.Tl/c1-11(2,3)9-7-5-6-8-10(9)12-4;/h6-8H,1-4H3;. The molecule has 0 aliphatic rings. The van der Waals surface area contributed by atoms with Gasteiger partial charge in [-0.25, -0.2) is 0 Å². The van der Waals surface area contributed by atoms with Gasteiger partial charge in [-0.3, -0.25) is 0 Å². The van der Waals surface area contributed by atoms with Gasteiger partial charge in [-0.2, -0.15) is 0 Å². The molecular formula is C11H15OTl. The summed E-state index contributed by atoms with van der Waals surface area (Å²) in [4.78, 5) is 0. The maximum absolute atomic E-state index is 5.35. The normalized spacial score (nSPS) is 11.3. The van der Waals surface area contributed by atoms with Crippen LogP contribution in [0.2, 0.25) is 0 Å². The summed E-state index contributed by atoms with van der Waals surface area (Å²) in [6.45, 7) is 6.65. The van der Waals surface area contributed by atoms with Gasteiger partial charge in [-0.1, -0.05) is 0 Å². The molecule has 0 saturated heterocycles. The molecule has 0 aromatic heterocycles. The quantitative estimate of drug-likeness (QED) is 0.688. The fourth-order valence-electron chi connectivity index (χ4n) is 1.31. The van der Waals surface area contributed by atoms with E-state index in [1.165, 1.54) is 8.69 Å². The Balaban J connectivity index is 3.24. The SMILES string of the molecule is COc1cc[c]([Tl])cc1C(C)(C)C. The van der Waals surface area contributed by atoms with Gasteiger partial charge >= 0.3 is 96.4 Å². The summed E-state index contributed by atoms with van der Waals surface area (Å²) in [6.07, 6.45) is 0. The van der Waals surface area contributed by atoms with E-state index < -0.39 is 0 Å². The zero-order valence-electron chi connectivity index (χ0n) is 8.72. The van der Waals surface area contributed by atoms with Gasteiger partial charge in [-0.15, -0.1) is 0 Å². The van der Waals surface area contributed by atoms with Gasteiger partial charge in [0.1, 0.15) is 0 Å². The molecule has 0 heterocycles. The van der Waals surface area contributed by atoms with Crippen molar-refractivity contribution < 1.29 is 4.74 Å². The van der Waals surface area contributed by atoms with Crippen LogP contribution in [0.25, 0.3) is 0 Å². The molecule has 0 radical (unpaired) electrons. The zero-order chi connectivity index (χ0) is 10.1. The molecule has 0 aliphatic heterocycles. The first-order valence-corrected chi connectivity index (χ1v) is 6.63. The van der Waals surface area contributed by atoms with E-state index in [9.17, 15) is 0 Å². The van der Waals surface area contributed by atoms with Crippen LogP contribution in [-0.4, -0.2) is 32.9 Å². The molecule has 0 spiro atoms. The minimum absolute atomic E-state index is 0.177. The van der Waals surface area contributed by atoms with Crippen LogP contribution >= 0.6 is 0 Å². The van der Waals surface area contributed by atoms with Crippen LogP contribution in [0.15, 0.2) is 18.2 Å². The Hall–Kier alpha value is -0.0579. The third-order valence-electron chi connectivity index (χ3n) is 2.03. The van der Waals surface area contributed by atoms with Gasteiger partial charge in [0, 0.05) is 0 Å².